The molecule has 7 nitrogen and oxygen atoms in total. The van der Waals surface area contributed by atoms with Gasteiger partial charge in [0.2, 0.25) is 11.8 Å². The van der Waals surface area contributed by atoms with Crippen molar-refractivity contribution in [2.75, 3.05) is 13.1 Å². The first-order chi connectivity index (χ1) is 15.9. The van der Waals surface area contributed by atoms with E-state index in [1.54, 1.807) is 0 Å². The molecule has 2 unspecified atom stereocenters. The van der Waals surface area contributed by atoms with E-state index in [-0.39, 0.29) is 23.8 Å². The zero-order valence-electron chi connectivity index (χ0n) is 20.2. The van der Waals surface area contributed by atoms with Gasteiger partial charge in [-0.15, -0.1) is 0 Å². The molecular weight excluding hydrogens is 414 g/mol. The fourth-order valence-corrected chi connectivity index (χ4v) is 4.92. The van der Waals surface area contributed by atoms with Gasteiger partial charge in [0, 0.05) is 42.3 Å². The average Bonchev–Trinajstić information content (AvgIpc) is 3.18. The first-order valence-corrected chi connectivity index (χ1v) is 12.2. The molecule has 4 rings (SSSR count). The molecule has 0 aliphatic carbocycles. The summed E-state index contributed by atoms with van der Waals surface area (Å²) in [6, 6.07) is 8.18. The van der Waals surface area contributed by atoms with Crippen molar-refractivity contribution in [3.05, 3.63) is 41.2 Å². The summed E-state index contributed by atoms with van der Waals surface area (Å²) in [7, 11) is 0. The van der Waals surface area contributed by atoms with Crippen LogP contribution in [0.15, 0.2) is 24.3 Å². The minimum Gasteiger partial charge on any atom is -0.356 e. The Labute approximate surface area is 195 Å². The summed E-state index contributed by atoms with van der Waals surface area (Å²) >= 11 is 0. The highest BCUT2D eigenvalue weighted by Crippen LogP contribution is 2.25. The molecule has 1 saturated heterocycles. The lowest BCUT2D eigenvalue weighted by molar-refractivity contribution is -0.138. The van der Waals surface area contributed by atoms with E-state index in [0.717, 1.165) is 59.2 Å². The molecule has 176 valence electrons. The number of likely N-dealkylation sites (tertiary alicyclic amines) is 1. The van der Waals surface area contributed by atoms with Crippen molar-refractivity contribution in [1.29, 1.82) is 0 Å². The van der Waals surface area contributed by atoms with Crippen LogP contribution >= 0.6 is 0 Å². The normalized spacial score (nSPS) is 18.7. The Bertz CT molecular complexity index is 1170. The summed E-state index contributed by atoms with van der Waals surface area (Å²) in [6.45, 7) is 9.48. The number of aryl methyl sites for hydroxylation is 2. The van der Waals surface area contributed by atoms with Gasteiger partial charge >= 0.3 is 0 Å². The van der Waals surface area contributed by atoms with Crippen LogP contribution in [0.4, 0.5) is 0 Å². The predicted octanol–water partition coefficient (Wildman–Crippen LogP) is 3.98. The van der Waals surface area contributed by atoms with Crippen LogP contribution < -0.4 is 5.32 Å². The van der Waals surface area contributed by atoms with E-state index in [4.69, 9.17) is 10.1 Å². The second-order valence-corrected chi connectivity index (χ2v) is 9.33. The van der Waals surface area contributed by atoms with E-state index >= 15 is 0 Å². The van der Waals surface area contributed by atoms with Crippen molar-refractivity contribution in [3.63, 3.8) is 0 Å². The van der Waals surface area contributed by atoms with Gasteiger partial charge in [-0.25, -0.2) is 9.50 Å². The van der Waals surface area contributed by atoms with Gasteiger partial charge in [0.05, 0.1) is 11.4 Å². The Morgan fingerprint density at radius 3 is 2.76 bits per heavy atom. The molecule has 33 heavy (non-hydrogen) atoms. The average molecular weight is 450 g/mol. The Kier molecular flexibility index (Phi) is 6.96. The number of carbonyl (C=O) groups excluding carboxylic acids is 2. The van der Waals surface area contributed by atoms with E-state index in [2.05, 4.69) is 19.2 Å². The number of fused-ring (bicyclic) bond motifs is 3. The van der Waals surface area contributed by atoms with Crippen molar-refractivity contribution in [2.24, 2.45) is 5.92 Å². The van der Waals surface area contributed by atoms with Gasteiger partial charge in [0.1, 0.15) is 0 Å². The molecule has 0 spiro atoms. The summed E-state index contributed by atoms with van der Waals surface area (Å²) in [4.78, 5) is 32.5. The van der Waals surface area contributed by atoms with E-state index in [0.29, 0.717) is 25.9 Å². The van der Waals surface area contributed by atoms with Crippen molar-refractivity contribution >= 4 is 28.4 Å². The van der Waals surface area contributed by atoms with Crippen LogP contribution in [0, 0.1) is 19.8 Å². The number of piperidine rings is 1. The lowest BCUT2D eigenvalue weighted by Crippen LogP contribution is -2.49. The molecule has 1 N–H and O–H groups in total. The molecule has 0 bridgehead atoms. The molecule has 1 aliphatic heterocycles. The molecule has 1 aliphatic rings. The SMILES string of the molecule is CCCCNC(=O)C1CCC(C)N(C(=O)CCc2c(C)nc3c4ccccc4nn3c2C)C1. The van der Waals surface area contributed by atoms with Crippen LogP contribution in [0.25, 0.3) is 16.6 Å². The largest absolute Gasteiger partial charge is 0.356 e. The Morgan fingerprint density at radius 2 is 1.97 bits per heavy atom. The summed E-state index contributed by atoms with van der Waals surface area (Å²) < 4.78 is 1.90. The molecular formula is C26H35N5O2. The molecule has 2 atom stereocenters. The monoisotopic (exact) mass is 449 g/mol. The van der Waals surface area contributed by atoms with Crippen LogP contribution in [-0.4, -0.2) is 50.4 Å². The highest BCUT2D eigenvalue weighted by atomic mass is 16.2. The van der Waals surface area contributed by atoms with E-state index in [9.17, 15) is 9.59 Å². The van der Waals surface area contributed by atoms with Crippen molar-refractivity contribution in [1.82, 2.24) is 24.8 Å². The summed E-state index contributed by atoms with van der Waals surface area (Å²) in [6.07, 6.45) is 4.77. The maximum atomic E-state index is 13.2. The fourth-order valence-electron chi connectivity index (χ4n) is 4.92. The van der Waals surface area contributed by atoms with Crippen LogP contribution in [-0.2, 0) is 16.0 Å². The van der Waals surface area contributed by atoms with E-state index in [1.165, 1.54) is 0 Å². The standard InChI is InChI=1S/C26H35N5O2/c1-5-6-15-27-26(33)20-12-11-17(2)30(16-20)24(32)14-13-21-18(3)28-25-22-9-7-8-10-23(22)29-31(25)19(21)4/h7-10,17,20H,5-6,11-16H2,1-4H3,(H,27,33). The smallest absolute Gasteiger partial charge is 0.224 e. The van der Waals surface area contributed by atoms with Crippen molar-refractivity contribution in [2.45, 2.75) is 72.3 Å². The van der Waals surface area contributed by atoms with Gasteiger partial charge < -0.3 is 10.2 Å². The Morgan fingerprint density at radius 1 is 1.18 bits per heavy atom. The highest BCUT2D eigenvalue weighted by Gasteiger charge is 2.32. The van der Waals surface area contributed by atoms with E-state index in [1.807, 2.05) is 47.5 Å². The van der Waals surface area contributed by atoms with Crippen LogP contribution in [0.1, 0.15) is 62.9 Å². The van der Waals surface area contributed by atoms with Gasteiger partial charge in [0.25, 0.3) is 0 Å². The number of carbonyl (C=O) groups is 2. The number of benzene rings is 1. The number of unbranched alkanes of at least 4 members (excludes halogenated alkanes) is 1. The maximum absolute atomic E-state index is 13.2. The number of hydrogen-bond donors (Lipinski definition) is 1. The molecule has 1 fully saturated rings. The zero-order chi connectivity index (χ0) is 23.5. The minimum atomic E-state index is -0.111. The van der Waals surface area contributed by atoms with Crippen molar-refractivity contribution in [3.8, 4) is 0 Å². The van der Waals surface area contributed by atoms with Gasteiger partial charge in [-0.3, -0.25) is 9.59 Å². The number of nitrogens with one attached hydrogen (secondary N) is 1. The topological polar surface area (TPSA) is 79.6 Å². The summed E-state index contributed by atoms with van der Waals surface area (Å²) in [5, 5.41) is 8.79. The third-order valence-electron chi connectivity index (χ3n) is 7.01. The maximum Gasteiger partial charge on any atom is 0.224 e. The molecule has 0 saturated carbocycles. The zero-order valence-corrected chi connectivity index (χ0v) is 20.2. The molecule has 2 aromatic heterocycles. The second-order valence-electron chi connectivity index (χ2n) is 9.33. The van der Waals surface area contributed by atoms with Gasteiger partial charge in [-0.1, -0.05) is 25.5 Å². The lowest BCUT2D eigenvalue weighted by atomic mass is 9.92. The number of hydrogen-bond acceptors (Lipinski definition) is 4. The predicted molar refractivity (Wildman–Crippen MR) is 130 cm³/mol. The second kappa shape index (κ2) is 9.89. The minimum absolute atomic E-state index is 0.0836. The summed E-state index contributed by atoms with van der Waals surface area (Å²) in [5.41, 5.74) is 4.82. The molecule has 3 aromatic rings. The van der Waals surface area contributed by atoms with Crippen molar-refractivity contribution < 1.29 is 9.59 Å². The molecule has 1 aromatic carbocycles. The van der Waals surface area contributed by atoms with E-state index < -0.39 is 0 Å². The number of rotatable bonds is 7. The number of amides is 2. The van der Waals surface area contributed by atoms with Gasteiger partial charge in [-0.2, -0.15) is 5.10 Å². The van der Waals surface area contributed by atoms with Crippen LogP contribution in [0.5, 0.6) is 0 Å². The molecule has 3 heterocycles. The Balaban J connectivity index is 1.46. The quantitative estimate of drug-likeness (QED) is 0.554. The first kappa shape index (κ1) is 23.2. The molecule has 2 amide bonds. The number of nitrogens with zero attached hydrogens (tertiary/aromatic N) is 4. The highest BCUT2D eigenvalue weighted by molar-refractivity contribution is 5.92. The first-order valence-electron chi connectivity index (χ1n) is 12.2. The number of aromatic nitrogens is 3. The fraction of sp³-hybridized carbons (Fsp3) is 0.538. The van der Waals surface area contributed by atoms with Crippen LogP contribution in [0.3, 0.4) is 0 Å². The third-order valence-corrected chi connectivity index (χ3v) is 7.01. The molecule has 7 heteroatoms. The molecule has 0 radical (unpaired) electrons. The lowest BCUT2D eigenvalue weighted by Gasteiger charge is -2.37. The van der Waals surface area contributed by atoms with Gasteiger partial charge in [0.15, 0.2) is 5.65 Å². The Hall–Kier alpha value is -2.96. The third kappa shape index (κ3) is 4.72. The van der Waals surface area contributed by atoms with Gasteiger partial charge in [-0.05, 0) is 64.2 Å². The summed E-state index contributed by atoms with van der Waals surface area (Å²) in [5.74, 6) is 0.0818. The van der Waals surface area contributed by atoms with Crippen LogP contribution in [0.2, 0.25) is 0 Å².